The van der Waals surface area contributed by atoms with Crippen molar-refractivity contribution in [2.45, 2.75) is 20.0 Å². The van der Waals surface area contributed by atoms with Gasteiger partial charge in [0.1, 0.15) is 5.82 Å². The van der Waals surface area contributed by atoms with E-state index in [9.17, 15) is 14.0 Å². The lowest BCUT2D eigenvalue weighted by Crippen LogP contribution is -2.30. The van der Waals surface area contributed by atoms with Crippen LogP contribution in [-0.4, -0.2) is 31.7 Å². The van der Waals surface area contributed by atoms with Crippen molar-refractivity contribution in [3.05, 3.63) is 52.8 Å². The van der Waals surface area contributed by atoms with Gasteiger partial charge in [-0.15, -0.1) is 0 Å². The predicted molar refractivity (Wildman–Crippen MR) is 99.1 cm³/mol. The van der Waals surface area contributed by atoms with Crippen molar-refractivity contribution in [3.8, 4) is 11.5 Å². The molecule has 8 heteroatoms. The molecule has 0 saturated heterocycles. The molecule has 0 aliphatic carbocycles. The van der Waals surface area contributed by atoms with E-state index < -0.39 is 23.8 Å². The quantitative estimate of drug-likeness (QED) is 0.715. The molecule has 0 spiro atoms. The number of hydrogen-bond acceptors (Lipinski definition) is 5. The van der Waals surface area contributed by atoms with E-state index >= 15 is 0 Å². The Morgan fingerprint density at radius 1 is 1.19 bits per heavy atom. The Hall–Kier alpha value is -2.80. The van der Waals surface area contributed by atoms with Crippen LogP contribution >= 0.6 is 11.6 Å². The highest BCUT2D eigenvalue weighted by atomic mass is 35.5. The number of carbonyl (C=O) groups excluding carboxylic acids is 2. The summed E-state index contributed by atoms with van der Waals surface area (Å²) < 4.78 is 29.5. The Morgan fingerprint density at radius 2 is 1.93 bits per heavy atom. The average molecular weight is 396 g/mol. The largest absolute Gasteiger partial charge is 0.493 e. The number of halogens is 2. The number of methoxy groups -OCH3 is 1. The van der Waals surface area contributed by atoms with Gasteiger partial charge in [-0.05, 0) is 50.2 Å². The highest BCUT2D eigenvalue weighted by Crippen LogP contribution is 2.28. The summed E-state index contributed by atoms with van der Waals surface area (Å²) in [6.45, 7) is 3.65. The maximum Gasteiger partial charge on any atom is 0.339 e. The molecule has 0 unspecified atom stereocenters. The number of nitrogens with one attached hydrogen (secondary N) is 1. The molecule has 27 heavy (non-hydrogen) atoms. The van der Waals surface area contributed by atoms with Crippen molar-refractivity contribution >= 4 is 29.2 Å². The summed E-state index contributed by atoms with van der Waals surface area (Å²) in [5.41, 5.74) is 0.127. The molecule has 0 aromatic heterocycles. The van der Waals surface area contributed by atoms with Crippen molar-refractivity contribution in [3.63, 3.8) is 0 Å². The highest BCUT2D eigenvalue weighted by molar-refractivity contribution is 6.30. The van der Waals surface area contributed by atoms with E-state index in [1.807, 2.05) is 6.92 Å². The average Bonchev–Trinajstić information content (AvgIpc) is 2.64. The second-order valence-electron chi connectivity index (χ2n) is 5.46. The second-order valence-corrected chi connectivity index (χ2v) is 5.90. The lowest BCUT2D eigenvalue weighted by molar-refractivity contribution is -0.123. The fraction of sp³-hybridized carbons (Fsp3) is 0.263. The maximum atomic E-state index is 13.8. The Morgan fingerprint density at radius 3 is 2.56 bits per heavy atom. The van der Waals surface area contributed by atoms with Gasteiger partial charge < -0.3 is 19.5 Å². The first kappa shape index (κ1) is 20.5. The minimum Gasteiger partial charge on any atom is -0.493 e. The van der Waals surface area contributed by atoms with Gasteiger partial charge in [-0.2, -0.15) is 0 Å². The number of hydrogen-bond donors (Lipinski definition) is 1. The SMILES string of the molecule is CCOc1ccc(C(=O)O[C@H](C)C(=O)Nc2ccc(Cl)cc2F)cc1OC. The van der Waals surface area contributed by atoms with E-state index in [1.54, 1.807) is 6.07 Å². The van der Waals surface area contributed by atoms with Gasteiger partial charge in [0.2, 0.25) is 0 Å². The van der Waals surface area contributed by atoms with Crippen molar-refractivity contribution in [1.82, 2.24) is 0 Å². The molecule has 144 valence electrons. The van der Waals surface area contributed by atoms with Gasteiger partial charge in [0.05, 0.1) is 25.0 Å². The van der Waals surface area contributed by atoms with Crippen LogP contribution in [0.3, 0.4) is 0 Å². The third-order valence-electron chi connectivity index (χ3n) is 3.54. The molecular weight excluding hydrogens is 377 g/mol. The van der Waals surface area contributed by atoms with Crippen LogP contribution < -0.4 is 14.8 Å². The molecule has 0 bridgehead atoms. The molecule has 6 nitrogen and oxygen atoms in total. The maximum absolute atomic E-state index is 13.8. The molecule has 0 radical (unpaired) electrons. The van der Waals surface area contributed by atoms with Crippen molar-refractivity contribution in [2.75, 3.05) is 19.0 Å². The zero-order chi connectivity index (χ0) is 20.0. The van der Waals surface area contributed by atoms with Crippen LogP contribution in [0.15, 0.2) is 36.4 Å². The molecular formula is C19H19ClFNO5. The zero-order valence-electron chi connectivity index (χ0n) is 15.0. The molecule has 1 atom stereocenters. The third-order valence-corrected chi connectivity index (χ3v) is 3.78. The molecule has 0 fully saturated rings. The van der Waals surface area contributed by atoms with Crippen LogP contribution in [0, 0.1) is 5.82 Å². The number of rotatable bonds is 7. The topological polar surface area (TPSA) is 73.9 Å². The highest BCUT2D eigenvalue weighted by Gasteiger charge is 2.21. The third kappa shape index (κ3) is 5.34. The van der Waals surface area contributed by atoms with Gasteiger partial charge in [-0.1, -0.05) is 11.6 Å². The standard InChI is InChI=1S/C19H19ClFNO5/c1-4-26-16-8-5-12(9-17(16)25-3)19(24)27-11(2)18(23)22-15-7-6-13(20)10-14(15)21/h5-11H,4H2,1-3H3,(H,22,23)/t11-/m1/s1. The van der Waals surface area contributed by atoms with Crippen molar-refractivity contribution in [1.29, 1.82) is 0 Å². The molecule has 0 heterocycles. The summed E-state index contributed by atoms with van der Waals surface area (Å²) >= 11 is 5.67. The normalized spacial score (nSPS) is 11.4. The summed E-state index contributed by atoms with van der Waals surface area (Å²) in [6.07, 6.45) is -1.15. The number of amides is 1. The van der Waals surface area contributed by atoms with Gasteiger partial charge in [-0.25, -0.2) is 9.18 Å². The Bertz CT molecular complexity index is 843. The lowest BCUT2D eigenvalue weighted by Gasteiger charge is -2.15. The summed E-state index contributed by atoms with van der Waals surface area (Å²) in [5, 5.41) is 2.55. The molecule has 1 N–H and O–H groups in total. The van der Waals surface area contributed by atoms with Crippen LogP contribution in [-0.2, 0) is 9.53 Å². The minimum atomic E-state index is -1.15. The minimum absolute atomic E-state index is 0.0602. The fourth-order valence-corrected chi connectivity index (χ4v) is 2.34. The molecule has 2 aromatic carbocycles. The van der Waals surface area contributed by atoms with Crippen LogP contribution in [0.25, 0.3) is 0 Å². The van der Waals surface area contributed by atoms with E-state index in [4.69, 9.17) is 25.8 Å². The van der Waals surface area contributed by atoms with E-state index in [0.717, 1.165) is 6.07 Å². The van der Waals surface area contributed by atoms with Crippen LogP contribution in [0.1, 0.15) is 24.2 Å². The first-order valence-electron chi connectivity index (χ1n) is 8.13. The summed E-state index contributed by atoms with van der Waals surface area (Å²) in [4.78, 5) is 24.4. The second kappa shape index (κ2) is 9.23. The van der Waals surface area contributed by atoms with Crippen LogP contribution in [0.4, 0.5) is 10.1 Å². The molecule has 0 saturated carbocycles. The van der Waals surface area contributed by atoms with Gasteiger partial charge in [-0.3, -0.25) is 4.79 Å². The first-order chi connectivity index (χ1) is 12.8. The van der Waals surface area contributed by atoms with Crippen molar-refractivity contribution < 1.29 is 28.2 Å². The van der Waals surface area contributed by atoms with Gasteiger partial charge >= 0.3 is 5.97 Å². The molecule has 0 aliphatic rings. The Balaban J connectivity index is 2.04. The van der Waals surface area contributed by atoms with Gasteiger partial charge in [0, 0.05) is 5.02 Å². The molecule has 1 amide bonds. The number of ether oxygens (including phenoxy) is 3. The molecule has 2 aromatic rings. The van der Waals surface area contributed by atoms with E-state index in [-0.39, 0.29) is 16.3 Å². The van der Waals surface area contributed by atoms with Gasteiger partial charge in [0.15, 0.2) is 17.6 Å². The zero-order valence-corrected chi connectivity index (χ0v) is 15.8. The van der Waals surface area contributed by atoms with Crippen LogP contribution in [0.5, 0.6) is 11.5 Å². The summed E-state index contributed by atoms with van der Waals surface area (Å²) in [6, 6.07) is 8.35. The summed E-state index contributed by atoms with van der Waals surface area (Å²) in [7, 11) is 1.45. The Labute approximate surface area is 161 Å². The lowest BCUT2D eigenvalue weighted by atomic mass is 10.2. The number of benzene rings is 2. The van der Waals surface area contributed by atoms with E-state index in [2.05, 4.69) is 5.32 Å². The summed E-state index contributed by atoms with van der Waals surface area (Å²) in [5.74, 6) is -1.24. The Kier molecular flexibility index (Phi) is 7.01. The van der Waals surface area contributed by atoms with E-state index in [1.165, 1.54) is 38.3 Å². The van der Waals surface area contributed by atoms with E-state index in [0.29, 0.717) is 18.1 Å². The predicted octanol–water partition coefficient (Wildman–Crippen LogP) is 4.07. The monoisotopic (exact) mass is 395 g/mol. The fourth-order valence-electron chi connectivity index (χ4n) is 2.18. The first-order valence-corrected chi connectivity index (χ1v) is 8.51. The van der Waals surface area contributed by atoms with Gasteiger partial charge in [0.25, 0.3) is 5.91 Å². The molecule has 0 aliphatic heterocycles. The van der Waals surface area contributed by atoms with Crippen molar-refractivity contribution in [2.24, 2.45) is 0 Å². The number of carbonyl (C=O) groups is 2. The van der Waals surface area contributed by atoms with Crippen LogP contribution in [0.2, 0.25) is 5.02 Å². The molecule has 2 rings (SSSR count). The number of esters is 1. The number of anilines is 1. The smallest absolute Gasteiger partial charge is 0.339 e.